The van der Waals surface area contributed by atoms with E-state index in [0.717, 1.165) is 31.0 Å². The lowest BCUT2D eigenvalue weighted by molar-refractivity contribution is 0.145. The first-order valence-corrected chi connectivity index (χ1v) is 8.92. The molecule has 0 radical (unpaired) electrons. The summed E-state index contributed by atoms with van der Waals surface area (Å²) in [7, 11) is 2.02. The van der Waals surface area contributed by atoms with E-state index in [9.17, 15) is 4.79 Å². The first-order valence-electron chi connectivity index (χ1n) is 8.92. The highest BCUT2D eigenvalue weighted by Gasteiger charge is 2.27. The zero-order chi connectivity index (χ0) is 17.9. The van der Waals surface area contributed by atoms with Crippen LogP contribution in [-0.4, -0.2) is 55.8 Å². The van der Waals surface area contributed by atoms with Crippen molar-refractivity contribution in [1.29, 1.82) is 0 Å². The van der Waals surface area contributed by atoms with Crippen molar-refractivity contribution in [3.8, 4) is 0 Å². The number of likely N-dealkylation sites (N-methyl/N-ethyl adjacent to an activating group) is 1. The van der Waals surface area contributed by atoms with Gasteiger partial charge in [-0.15, -0.1) is 0 Å². The first-order chi connectivity index (χ1) is 12.0. The Balaban J connectivity index is 1.63. The Labute approximate surface area is 149 Å². The average Bonchev–Trinajstić information content (AvgIpc) is 2.80. The van der Waals surface area contributed by atoms with E-state index < -0.39 is 0 Å². The lowest BCUT2D eigenvalue weighted by Gasteiger charge is -2.32. The van der Waals surface area contributed by atoms with Crippen molar-refractivity contribution in [2.45, 2.75) is 26.8 Å². The molecule has 0 saturated carbocycles. The van der Waals surface area contributed by atoms with Gasteiger partial charge in [-0.05, 0) is 12.5 Å². The Morgan fingerprint density at radius 2 is 2.24 bits per heavy atom. The molecule has 0 aliphatic carbocycles. The van der Waals surface area contributed by atoms with Crippen LogP contribution in [0.15, 0.2) is 30.0 Å². The molecule has 25 heavy (non-hydrogen) atoms. The molecule has 1 aromatic rings. The number of hydrogen-bond donors (Lipinski definition) is 1. The van der Waals surface area contributed by atoms with Crippen LogP contribution in [-0.2, 0) is 11.3 Å². The molecule has 0 spiro atoms. The number of urea groups is 1. The topological polar surface area (TPSA) is 57.7 Å². The smallest absolute Gasteiger partial charge is 0.317 e. The van der Waals surface area contributed by atoms with Gasteiger partial charge in [0.15, 0.2) is 0 Å². The number of hydrogen-bond acceptors (Lipinski definition) is 4. The zero-order valence-corrected chi connectivity index (χ0v) is 15.4. The summed E-state index contributed by atoms with van der Waals surface area (Å²) in [5.74, 6) is 0.963. The maximum atomic E-state index is 12.7. The molecule has 3 heterocycles. The Bertz CT molecular complexity index is 657. The van der Waals surface area contributed by atoms with Crippen molar-refractivity contribution in [3.63, 3.8) is 0 Å². The molecule has 6 heteroatoms. The van der Waals surface area contributed by atoms with Gasteiger partial charge < -0.3 is 19.9 Å². The number of ether oxygens (including phenoxy) is 1. The van der Waals surface area contributed by atoms with Crippen molar-refractivity contribution in [1.82, 2.24) is 15.2 Å². The van der Waals surface area contributed by atoms with Gasteiger partial charge in [0.25, 0.3) is 0 Å². The fourth-order valence-electron chi connectivity index (χ4n) is 3.40. The monoisotopic (exact) mass is 344 g/mol. The molecule has 0 atom stereocenters. The van der Waals surface area contributed by atoms with Crippen molar-refractivity contribution in [2.75, 3.05) is 44.8 Å². The fourth-order valence-corrected chi connectivity index (χ4v) is 3.40. The van der Waals surface area contributed by atoms with Crippen LogP contribution in [0.4, 0.5) is 10.6 Å². The van der Waals surface area contributed by atoms with Crippen molar-refractivity contribution in [2.24, 2.45) is 5.41 Å². The van der Waals surface area contributed by atoms with Gasteiger partial charge in [-0.25, -0.2) is 9.78 Å². The number of anilines is 1. The van der Waals surface area contributed by atoms with Crippen LogP contribution in [0, 0.1) is 5.41 Å². The van der Waals surface area contributed by atoms with E-state index >= 15 is 0 Å². The Morgan fingerprint density at radius 1 is 1.40 bits per heavy atom. The van der Waals surface area contributed by atoms with Crippen LogP contribution in [0.3, 0.4) is 0 Å². The third-order valence-electron chi connectivity index (χ3n) is 5.10. The van der Waals surface area contributed by atoms with Crippen LogP contribution in [0.25, 0.3) is 0 Å². The second-order valence-corrected chi connectivity index (χ2v) is 7.43. The largest absolute Gasteiger partial charge is 0.377 e. The predicted molar refractivity (Wildman–Crippen MR) is 98.6 cm³/mol. The molecule has 0 bridgehead atoms. The molecular formula is C19H28N4O2. The fraction of sp³-hybridized carbons (Fsp3) is 0.579. The van der Waals surface area contributed by atoms with Gasteiger partial charge in [0.1, 0.15) is 5.82 Å². The number of pyridine rings is 1. The molecule has 1 N–H and O–H groups in total. The third-order valence-corrected chi connectivity index (χ3v) is 5.10. The van der Waals surface area contributed by atoms with Crippen LogP contribution >= 0.6 is 0 Å². The van der Waals surface area contributed by atoms with Gasteiger partial charge in [0, 0.05) is 43.9 Å². The Morgan fingerprint density at radius 3 is 3.00 bits per heavy atom. The molecule has 136 valence electrons. The molecule has 3 rings (SSSR count). The summed E-state index contributed by atoms with van der Waals surface area (Å²) < 4.78 is 5.39. The molecular weight excluding hydrogens is 316 g/mol. The van der Waals surface area contributed by atoms with E-state index in [1.165, 1.54) is 5.57 Å². The van der Waals surface area contributed by atoms with Gasteiger partial charge in [-0.1, -0.05) is 31.6 Å². The normalized spacial score (nSPS) is 18.3. The van der Waals surface area contributed by atoms with E-state index in [0.29, 0.717) is 26.2 Å². The van der Waals surface area contributed by atoms with Crippen molar-refractivity contribution in [3.05, 3.63) is 35.5 Å². The van der Waals surface area contributed by atoms with E-state index in [-0.39, 0.29) is 11.4 Å². The summed E-state index contributed by atoms with van der Waals surface area (Å²) >= 11 is 0. The predicted octanol–water partition coefficient (Wildman–Crippen LogP) is 2.42. The molecule has 0 saturated heterocycles. The number of fused-ring (bicyclic) bond motifs is 1. The first kappa shape index (κ1) is 17.7. The summed E-state index contributed by atoms with van der Waals surface area (Å²) in [4.78, 5) is 21.2. The second kappa shape index (κ2) is 7.44. The van der Waals surface area contributed by atoms with E-state index in [1.807, 2.05) is 24.1 Å². The molecule has 6 nitrogen and oxygen atoms in total. The average molecular weight is 344 g/mol. The summed E-state index contributed by atoms with van der Waals surface area (Å²) in [5, 5.41) is 3.13. The van der Waals surface area contributed by atoms with Crippen LogP contribution < -0.4 is 10.2 Å². The van der Waals surface area contributed by atoms with Crippen molar-refractivity contribution < 1.29 is 9.53 Å². The number of rotatable bonds is 3. The van der Waals surface area contributed by atoms with Gasteiger partial charge in [-0.2, -0.15) is 0 Å². The highest BCUT2D eigenvalue weighted by atomic mass is 16.5. The summed E-state index contributed by atoms with van der Waals surface area (Å²) in [5.41, 5.74) is 2.40. The molecule has 0 unspecified atom stereocenters. The van der Waals surface area contributed by atoms with Gasteiger partial charge in [0.2, 0.25) is 0 Å². The number of aromatic nitrogens is 1. The van der Waals surface area contributed by atoms with Crippen LogP contribution in [0.5, 0.6) is 0 Å². The molecule has 2 aliphatic heterocycles. The molecule has 0 fully saturated rings. The van der Waals surface area contributed by atoms with Crippen LogP contribution in [0.2, 0.25) is 0 Å². The van der Waals surface area contributed by atoms with Gasteiger partial charge in [0.05, 0.1) is 19.8 Å². The summed E-state index contributed by atoms with van der Waals surface area (Å²) in [6.45, 7) is 8.50. The molecule has 2 amide bonds. The second-order valence-electron chi connectivity index (χ2n) is 7.43. The van der Waals surface area contributed by atoms with Gasteiger partial charge in [-0.3, -0.25) is 0 Å². The Kier molecular flexibility index (Phi) is 5.27. The SMILES string of the molecule is CN1CCN(C(=O)NCC(C)(C)C2=CCOCC2)Cc2cccnc21. The number of carbonyl (C=O) groups is 1. The highest BCUT2D eigenvalue weighted by molar-refractivity contribution is 5.75. The number of nitrogens with one attached hydrogen (secondary N) is 1. The van der Waals surface area contributed by atoms with Crippen molar-refractivity contribution >= 4 is 11.8 Å². The third kappa shape index (κ3) is 4.12. The Hall–Kier alpha value is -2.08. The number of carbonyl (C=O) groups excluding carboxylic acids is 1. The molecule has 1 aromatic heterocycles. The summed E-state index contributed by atoms with van der Waals surface area (Å²) in [6, 6.07) is 3.96. The van der Waals surface area contributed by atoms with Gasteiger partial charge >= 0.3 is 6.03 Å². The zero-order valence-electron chi connectivity index (χ0n) is 15.4. The molecule has 0 aromatic carbocycles. The summed E-state index contributed by atoms with van der Waals surface area (Å²) in [6.07, 6.45) is 4.89. The highest BCUT2D eigenvalue weighted by Crippen LogP contribution is 2.30. The lowest BCUT2D eigenvalue weighted by atomic mass is 9.81. The minimum atomic E-state index is -0.0540. The maximum Gasteiger partial charge on any atom is 0.317 e. The van der Waals surface area contributed by atoms with E-state index in [4.69, 9.17) is 4.74 Å². The maximum absolute atomic E-state index is 12.7. The van der Waals surface area contributed by atoms with E-state index in [2.05, 4.69) is 35.1 Å². The number of nitrogens with zero attached hydrogens (tertiary/aromatic N) is 3. The van der Waals surface area contributed by atoms with Crippen LogP contribution in [0.1, 0.15) is 25.8 Å². The van der Waals surface area contributed by atoms with E-state index in [1.54, 1.807) is 6.20 Å². The minimum Gasteiger partial charge on any atom is -0.377 e. The molecule has 2 aliphatic rings. The standard InChI is InChI=1S/C19H28N4O2/c1-19(2,16-6-11-25-12-7-16)14-21-18(24)23-10-9-22(3)17-15(13-23)5-4-8-20-17/h4-6,8H,7,9-14H2,1-3H3,(H,21,24). The quantitative estimate of drug-likeness (QED) is 0.856. The minimum absolute atomic E-state index is 0.00848. The lowest BCUT2D eigenvalue weighted by Crippen LogP contribution is -2.45. The number of amides is 2.